The van der Waals surface area contributed by atoms with Crippen LogP contribution in [0.4, 0.5) is 0 Å². The van der Waals surface area contributed by atoms with Crippen LogP contribution < -0.4 is 0 Å². The van der Waals surface area contributed by atoms with E-state index < -0.39 is 0 Å². The highest BCUT2D eigenvalue weighted by Crippen LogP contribution is 2.51. The highest BCUT2D eigenvalue weighted by atomic mass is 32.1. The summed E-state index contributed by atoms with van der Waals surface area (Å²) in [6.45, 7) is 5.50. The average molecular weight is 260 g/mol. The van der Waals surface area contributed by atoms with Crippen molar-refractivity contribution in [3.63, 3.8) is 0 Å². The number of hydrogen-bond acceptors (Lipinski definition) is 1. The smallest absolute Gasteiger partial charge is 0.178 e. The van der Waals surface area contributed by atoms with Gasteiger partial charge in [-0.15, -0.1) is 0 Å². The molecule has 1 aliphatic carbocycles. The third-order valence-corrected chi connectivity index (χ3v) is 4.57. The molecule has 1 saturated carbocycles. The molecule has 2 aromatic rings. The number of aryl methyl sites for hydroxylation is 1. The van der Waals surface area contributed by atoms with Crippen LogP contribution in [0.15, 0.2) is 18.2 Å². The summed E-state index contributed by atoms with van der Waals surface area (Å²) in [5, 5.41) is 0. The van der Waals surface area contributed by atoms with Gasteiger partial charge in [0.1, 0.15) is 0 Å². The second-order valence-electron chi connectivity index (χ2n) is 5.74. The SMILES string of the molecule is CCCC1(Cn2c(=S)[nH]c3c(C)cccc32)CC1. The van der Waals surface area contributed by atoms with Crippen LogP contribution in [-0.4, -0.2) is 9.55 Å². The van der Waals surface area contributed by atoms with Gasteiger partial charge in [0.05, 0.1) is 11.0 Å². The van der Waals surface area contributed by atoms with Crippen molar-refractivity contribution in [2.24, 2.45) is 5.41 Å². The maximum atomic E-state index is 5.50. The van der Waals surface area contributed by atoms with E-state index in [-0.39, 0.29) is 0 Å². The number of H-pyrrole nitrogens is 1. The van der Waals surface area contributed by atoms with E-state index in [1.165, 1.54) is 42.3 Å². The van der Waals surface area contributed by atoms with Gasteiger partial charge in [-0.1, -0.05) is 25.5 Å². The summed E-state index contributed by atoms with van der Waals surface area (Å²) >= 11 is 5.50. The molecule has 1 aromatic carbocycles. The molecule has 1 aromatic heterocycles. The zero-order valence-corrected chi connectivity index (χ0v) is 11.9. The maximum Gasteiger partial charge on any atom is 0.178 e. The van der Waals surface area contributed by atoms with Crippen LogP contribution in [0.5, 0.6) is 0 Å². The molecule has 0 saturated heterocycles. The molecule has 1 fully saturated rings. The van der Waals surface area contributed by atoms with Gasteiger partial charge in [0, 0.05) is 6.54 Å². The van der Waals surface area contributed by atoms with E-state index in [1.54, 1.807) is 0 Å². The van der Waals surface area contributed by atoms with Crippen molar-refractivity contribution in [3.05, 3.63) is 28.5 Å². The van der Waals surface area contributed by atoms with Crippen LogP contribution in [0.25, 0.3) is 11.0 Å². The standard InChI is InChI=1S/C15H20N2S/c1-3-7-15(8-9-15)10-17-12-6-4-5-11(2)13(12)16-14(17)18/h4-6H,3,7-10H2,1-2H3,(H,16,18). The summed E-state index contributed by atoms with van der Waals surface area (Å²) in [6, 6.07) is 6.43. The van der Waals surface area contributed by atoms with Crippen LogP contribution in [0.3, 0.4) is 0 Å². The number of para-hydroxylation sites is 1. The number of fused-ring (bicyclic) bond motifs is 1. The van der Waals surface area contributed by atoms with E-state index in [0.717, 1.165) is 11.3 Å². The van der Waals surface area contributed by atoms with Gasteiger partial charge in [-0.05, 0) is 55.4 Å². The van der Waals surface area contributed by atoms with E-state index >= 15 is 0 Å². The van der Waals surface area contributed by atoms with Gasteiger partial charge in [-0.25, -0.2) is 0 Å². The van der Waals surface area contributed by atoms with Crippen LogP contribution in [0.1, 0.15) is 38.2 Å². The summed E-state index contributed by atoms with van der Waals surface area (Å²) in [4.78, 5) is 3.37. The normalized spacial score (nSPS) is 17.2. The molecular formula is C15H20N2S. The van der Waals surface area contributed by atoms with E-state index in [0.29, 0.717) is 5.41 Å². The quantitative estimate of drug-likeness (QED) is 0.797. The number of nitrogens with zero attached hydrogens (tertiary/aromatic N) is 1. The van der Waals surface area contributed by atoms with Crippen LogP contribution in [-0.2, 0) is 6.54 Å². The highest BCUT2D eigenvalue weighted by molar-refractivity contribution is 7.71. The Bertz CT molecular complexity index is 631. The molecular weight excluding hydrogens is 240 g/mol. The molecule has 0 atom stereocenters. The molecule has 0 unspecified atom stereocenters. The minimum atomic E-state index is 0.534. The fraction of sp³-hybridized carbons (Fsp3) is 0.533. The number of nitrogens with one attached hydrogen (secondary N) is 1. The Morgan fingerprint density at radius 3 is 2.83 bits per heavy atom. The topological polar surface area (TPSA) is 20.7 Å². The summed E-state index contributed by atoms with van der Waals surface area (Å²) in [7, 11) is 0. The molecule has 18 heavy (non-hydrogen) atoms. The molecule has 0 bridgehead atoms. The molecule has 0 aliphatic heterocycles. The van der Waals surface area contributed by atoms with E-state index in [1.807, 2.05) is 0 Å². The third kappa shape index (κ3) is 1.91. The molecule has 0 amide bonds. The predicted molar refractivity (Wildman–Crippen MR) is 78.4 cm³/mol. The Morgan fingerprint density at radius 2 is 2.17 bits per heavy atom. The minimum Gasteiger partial charge on any atom is -0.330 e. The molecule has 3 rings (SSSR count). The third-order valence-electron chi connectivity index (χ3n) is 4.25. The molecule has 1 heterocycles. The van der Waals surface area contributed by atoms with Crippen molar-refractivity contribution >= 4 is 23.3 Å². The van der Waals surface area contributed by atoms with Crippen molar-refractivity contribution in [1.29, 1.82) is 0 Å². The second-order valence-corrected chi connectivity index (χ2v) is 6.12. The minimum absolute atomic E-state index is 0.534. The lowest BCUT2D eigenvalue weighted by Crippen LogP contribution is -2.11. The summed E-state index contributed by atoms with van der Waals surface area (Å²) in [5.41, 5.74) is 4.28. The summed E-state index contributed by atoms with van der Waals surface area (Å²) < 4.78 is 3.18. The van der Waals surface area contributed by atoms with Gasteiger partial charge < -0.3 is 9.55 Å². The van der Waals surface area contributed by atoms with Gasteiger partial charge in [-0.2, -0.15) is 0 Å². The largest absolute Gasteiger partial charge is 0.330 e. The van der Waals surface area contributed by atoms with E-state index in [4.69, 9.17) is 12.2 Å². The number of aromatic amines is 1. The number of hydrogen-bond donors (Lipinski definition) is 1. The Labute approximate surface area is 113 Å². The summed E-state index contributed by atoms with van der Waals surface area (Å²) in [5.74, 6) is 0. The van der Waals surface area contributed by atoms with Crippen LogP contribution in [0, 0.1) is 17.1 Å². The molecule has 1 N–H and O–H groups in total. The molecule has 2 nitrogen and oxygen atoms in total. The number of imidazole rings is 1. The molecule has 0 spiro atoms. The van der Waals surface area contributed by atoms with E-state index in [2.05, 4.69) is 41.6 Å². The average Bonchev–Trinajstić information content (AvgIpc) is 3.02. The monoisotopic (exact) mass is 260 g/mol. The Kier molecular flexibility index (Phi) is 2.81. The highest BCUT2D eigenvalue weighted by Gasteiger charge is 2.42. The lowest BCUT2D eigenvalue weighted by atomic mass is 10.0. The maximum absolute atomic E-state index is 5.50. The first-order valence-electron chi connectivity index (χ1n) is 6.83. The van der Waals surface area contributed by atoms with E-state index in [9.17, 15) is 0 Å². The van der Waals surface area contributed by atoms with Crippen molar-refractivity contribution in [2.45, 2.75) is 46.1 Å². The second kappa shape index (κ2) is 4.23. The lowest BCUT2D eigenvalue weighted by Gasteiger charge is -2.15. The zero-order valence-electron chi connectivity index (χ0n) is 11.1. The number of rotatable bonds is 4. The van der Waals surface area contributed by atoms with Crippen LogP contribution >= 0.6 is 12.2 Å². The summed E-state index contributed by atoms with van der Waals surface area (Å²) in [6.07, 6.45) is 5.32. The Balaban J connectivity index is 2.04. The molecule has 1 aliphatic rings. The van der Waals surface area contributed by atoms with Gasteiger partial charge in [0.25, 0.3) is 0 Å². The first-order valence-corrected chi connectivity index (χ1v) is 7.24. The van der Waals surface area contributed by atoms with Gasteiger partial charge in [0.2, 0.25) is 0 Å². The van der Waals surface area contributed by atoms with Crippen LogP contribution in [0.2, 0.25) is 0 Å². The van der Waals surface area contributed by atoms with Crippen molar-refractivity contribution in [3.8, 4) is 0 Å². The Hall–Kier alpha value is -1.09. The first kappa shape index (κ1) is 12.0. The van der Waals surface area contributed by atoms with Crippen molar-refractivity contribution < 1.29 is 0 Å². The number of aromatic nitrogens is 2. The molecule has 3 heteroatoms. The van der Waals surface area contributed by atoms with Crippen molar-refractivity contribution in [2.75, 3.05) is 0 Å². The molecule has 0 radical (unpaired) electrons. The van der Waals surface area contributed by atoms with Crippen molar-refractivity contribution in [1.82, 2.24) is 9.55 Å². The number of benzene rings is 1. The fourth-order valence-electron chi connectivity index (χ4n) is 3.01. The predicted octanol–water partition coefficient (Wildman–Crippen LogP) is 4.59. The van der Waals surface area contributed by atoms with Gasteiger partial charge in [0.15, 0.2) is 4.77 Å². The zero-order chi connectivity index (χ0) is 12.8. The molecule has 96 valence electrons. The Morgan fingerprint density at radius 1 is 1.39 bits per heavy atom. The lowest BCUT2D eigenvalue weighted by molar-refractivity contribution is 0.391. The fourth-order valence-corrected chi connectivity index (χ4v) is 3.28. The first-order chi connectivity index (χ1) is 8.65. The van der Waals surface area contributed by atoms with Gasteiger partial charge in [-0.3, -0.25) is 0 Å². The van der Waals surface area contributed by atoms with Gasteiger partial charge >= 0.3 is 0 Å².